The molecule has 0 bridgehead atoms. The van der Waals surface area contributed by atoms with Gasteiger partial charge in [-0.05, 0) is 25.8 Å². The Kier molecular flexibility index (Phi) is 4.94. The van der Waals surface area contributed by atoms with Crippen LogP contribution in [0.5, 0.6) is 0 Å². The molecule has 0 amide bonds. The minimum Gasteiger partial charge on any atom is -0.268 e. The van der Waals surface area contributed by atoms with Crippen molar-refractivity contribution in [2.45, 2.75) is 31.5 Å². The summed E-state index contributed by atoms with van der Waals surface area (Å²) in [7, 11) is 0. The van der Waals surface area contributed by atoms with Crippen molar-refractivity contribution in [3.63, 3.8) is 0 Å². The molecule has 0 aliphatic heterocycles. The van der Waals surface area contributed by atoms with E-state index >= 15 is 0 Å². The van der Waals surface area contributed by atoms with E-state index in [0.717, 1.165) is 12.2 Å². The quantitative estimate of drug-likeness (QED) is 0.271. The zero-order valence-electron chi connectivity index (χ0n) is 9.25. The second kappa shape index (κ2) is 6.24. The molecule has 0 aliphatic carbocycles. The van der Waals surface area contributed by atoms with Crippen LogP contribution in [0.2, 0.25) is 0 Å². The van der Waals surface area contributed by atoms with Gasteiger partial charge in [0.15, 0.2) is 5.16 Å². The van der Waals surface area contributed by atoms with Crippen LogP contribution in [-0.2, 0) is 0 Å². The number of azide groups is 1. The van der Waals surface area contributed by atoms with Gasteiger partial charge in [-0.2, -0.15) is 0 Å². The van der Waals surface area contributed by atoms with Crippen LogP contribution < -0.4 is 5.69 Å². The van der Waals surface area contributed by atoms with E-state index in [1.54, 1.807) is 4.57 Å². The molecular weight excluding hydrogens is 228 g/mol. The molecule has 0 saturated heterocycles. The predicted octanol–water partition coefficient (Wildman–Crippen LogP) is 1.94. The van der Waals surface area contributed by atoms with Crippen LogP contribution in [0.25, 0.3) is 10.4 Å². The van der Waals surface area contributed by atoms with Crippen molar-refractivity contribution in [2.75, 3.05) is 12.3 Å². The van der Waals surface area contributed by atoms with Gasteiger partial charge in [0.25, 0.3) is 0 Å². The number of aromatic amines is 1. The van der Waals surface area contributed by atoms with Gasteiger partial charge in [-0.25, -0.2) is 9.89 Å². The summed E-state index contributed by atoms with van der Waals surface area (Å²) in [4.78, 5) is 14.1. The second-order valence-corrected chi connectivity index (χ2v) is 4.49. The largest absolute Gasteiger partial charge is 0.344 e. The van der Waals surface area contributed by atoms with E-state index in [1.165, 1.54) is 11.8 Å². The number of aromatic nitrogens is 3. The third-order valence-electron chi connectivity index (χ3n) is 1.89. The molecule has 8 heteroatoms. The molecule has 0 saturated carbocycles. The lowest BCUT2D eigenvalue weighted by molar-refractivity contribution is 0.534. The number of H-pyrrole nitrogens is 1. The van der Waals surface area contributed by atoms with Gasteiger partial charge in [0.1, 0.15) is 0 Å². The van der Waals surface area contributed by atoms with Crippen molar-refractivity contribution in [3.05, 3.63) is 20.9 Å². The van der Waals surface area contributed by atoms with Gasteiger partial charge in [-0.3, -0.25) is 4.57 Å². The molecule has 0 fully saturated rings. The van der Waals surface area contributed by atoms with Gasteiger partial charge in [0.2, 0.25) is 0 Å². The van der Waals surface area contributed by atoms with Gasteiger partial charge >= 0.3 is 5.69 Å². The Balaban J connectivity index is 2.54. The fourth-order valence-corrected chi connectivity index (χ4v) is 2.19. The highest BCUT2D eigenvalue weighted by molar-refractivity contribution is 7.99. The molecule has 0 aromatic carbocycles. The maximum Gasteiger partial charge on any atom is 0.344 e. The molecule has 0 atom stereocenters. The summed E-state index contributed by atoms with van der Waals surface area (Å²) in [5.41, 5.74) is 7.90. The average Bonchev–Trinajstić information content (AvgIpc) is 2.59. The monoisotopic (exact) mass is 242 g/mol. The number of nitrogens with one attached hydrogen (secondary N) is 1. The molecule has 88 valence electrons. The lowest BCUT2D eigenvalue weighted by Crippen LogP contribution is -2.19. The molecule has 0 spiro atoms. The van der Waals surface area contributed by atoms with E-state index in [2.05, 4.69) is 20.2 Å². The smallest absolute Gasteiger partial charge is 0.268 e. The lowest BCUT2D eigenvalue weighted by atomic mass is 10.4. The molecule has 1 rings (SSSR count). The topological polar surface area (TPSA) is 99.4 Å². The Morgan fingerprint density at radius 2 is 2.44 bits per heavy atom. The molecule has 1 N–H and O–H groups in total. The summed E-state index contributed by atoms with van der Waals surface area (Å²) in [5, 5.41) is 10.5. The second-order valence-electron chi connectivity index (χ2n) is 3.43. The molecule has 7 nitrogen and oxygen atoms in total. The number of hydrogen-bond donors (Lipinski definition) is 1. The SMILES string of the molecule is CC(C)n1c(SCCCN=[N+]=[N-])n[nH]c1=O. The number of hydrogen-bond acceptors (Lipinski definition) is 4. The number of thioether (sulfide) groups is 1. The summed E-state index contributed by atoms with van der Waals surface area (Å²) < 4.78 is 1.61. The predicted molar refractivity (Wildman–Crippen MR) is 62.6 cm³/mol. The Bertz CT molecular complexity index is 430. The first-order chi connectivity index (χ1) is 7.66. The van der Waals surface area contributed by atoms with Crippen LogP contribution in [0, 0.1) is 0 Å². The van der Waals surface area contributed by atoms with Crippen molar-refractivity contribution < 1.29 is 0 Å². The van der Waals surface area contributed by atoms with Gasteiger partial charge < -0.3 is 0 Å². The lowest BCUT2D eigenvalue weighted by Gasteiger charge is -2.07. The molecule has 1 aromatic rings. The zero-order chi connectivity index (χ0) is 12.0. The molecule has 1 heterocycles. The Hall–Kier alpha value is -1.40. The van der Waals surface area contributed by atoms with Crippen molar-refractivity contribution in [1.29, 1.82) is 0 Å². The van der Waals surface area contributed by atoms with E-state index in [-0.39, 0.29) is 11.7 Å². The summed E-state index contributed by atoms with van der Waals surface area (Å²) in [6, 6.07) is 0.0888. The Labute approximate surface area is 96.9 Å². The fraction of sp³-hybridized carbons (Fsp3) is 0.750. The summed E-state index contributed by atoms with van der Waals surface area (Å²) in [6.45, 7) is 4.34. The fourth-order valence-electron chi connectivity index (χ4n) is 1.19. The summed E-state index contributed by atoms with van der Waals surface area (Å²) in [5.74, 6) is 0.774. The standard InChI is InChI=1S/C8H14N6OS/c1-6(2)14-7(15)11-12-8(14)16-5-3-4-10-13-9/h6H,3-5H2,1-2H3,(H,11,15). The van der Waals surface area contributed by atoms with Gasteiger partial charge in [-0.15, -0.1) is 5.10 Å². The van der Waals surface area contributed by atoms with Gasteiger partial charge in [0.05, 0.1) is 0 Å². The third kappa shape index (κ3) is 3.32. The van der Waals surface area contributed by atoms with Crippen LogP contribution in [0.1, 0.15) is 26.3 Å². The van der Waals surface area contributed by atoms with E-state index in [4.69, 9.17) is 5.53 Å². The van der Waals surface area contributed by atoms with E-state index in [1.807, 2.05) is 13.8 Å². The minimum atomic E-state index is -0.187. The molecule has 0 aliphatic rings. The van der Waals surface area contributed by atoms with Crippen LogP contribution in [0.3, 0.4) is 0 Å². The zero-order valence-corrected chi connectivity index (χ0v) is 10.1. The van der Waals surface area contributed by atoms with Gasteiger partial charge in [0, 0.05) is 23.3 Å². The first kappa shape index (κ1) is 12.7. The van der Waals surface area contributed by atoms with Crippen molar-refractivity contribution >= 4 is 11.8 Å². The number of rotatable bonds is 6. The Morgan fingerprint density at radius 3 is 3.06 bits per heavy atom. The Morgan fingerprint density at radius 1 is 1.69 bits per heavy atom. The average molecular weight is 242 g/mol. The van der Waals surface area contributed by atoms with Crippen LogP contribution >= 0.6 is 11.8 Å². The highest BCUT2D eigenvalue weighted by Gasteiger charge is 2.10. The normalized spacial score (nSPS) is 10.4. The molecule has 0 radical (unpaired) electrons. The minimum absolute atomic E-state index is 0.0888. The molecular formula is C8H14N6OS. The van der Waals surface area contributed by atoms with Crippen molar-refractivity contribution in [3.8, 4) is 0 Å². The molecule has 1 aromatic heterocycles. The first-order valence-electron chi connectivity index (χ1n) is 4.97. The van der Waals surface area contributed by atoms with E-state index in [0.29, 0.717) is 11.7 Å². The highest BCUT2D eigenvalue weighted by atomic mass is 32.2. The van der Waals surface area contributed by atoms with Crippen molar-refractivity contribution in [1.82, 2.24) is 14.8 Å². The highest BCUT2D eigenvalue weighted by Crippen LogP contribution is 2.17. The maximum absolute atomic E-state index is 11.4. The number of nitrogens with zero attached hydrogens (tertiary/aromatic N) is 5. The van der Waals surface area contributed by atoms with E-state index < -0.39 is 0 Å². The summed E-state index contributed by atoms with van der Waals surface area (Å²) in [6.07, 6.45) is 0.772. The van der Waals surface area contributed by atoms with Crippen LogP contribution in [0.4, 0.5) is 0 Å². The summed E-state index contributed by atoms with van der Waals surface area (Å²) >= 11 is 1.48. The third-order valence-corrected chi connectivity index (χ3v) is 2.92. The molecule has 0 unspecified atom stereocenters. The van der Waals surface area contributed by atoms with Crippen LogP contribution in [0.15, 0.2) is 15.1 Å². The van der Waals surface area contributed by atoms with Gasteiger partial charge in [-0.1, -0.05) is 16.9 Å². The maximum atomic E-state index is 11.4. The van der Waals surface area contributed by atoms with E-state index in [9.17, 15) is 4.79 Å². The van der Waals surface area contributed by atoms with Crippen molar-refractivity contribution in [2.24, 2.45) is 5.11 Å². The van der Waals surface area contributed by atoms with Crippen LogP contribution in [-0.4, -0.2) is 27.1 Å². The molecule has 16 heavy (non-hydrogen) atoms. The first-order valence-corrected chi connectivity index (χ1v) is 5.96.